The van der Waals surface area contributed by atoms with Crippen LogP contribution in [0, 0.1) is 5.92 Å². The maximum atomic E-state index is 11.7. The fraction of sp³-hybridized carbons (Fsp3) is 0.533. The number of hydrogen-bond acceptors (Lipinski definition) is 2. The Morgan fingerprint density at radius 3 is 2.68 bits per heavy atom. The first kappa shape index (κ1) is 14.4. The minimum atomic E-state index is -0.239. The van der Waals surface area contributed by atoms with Crippen LogP contribution in [0.3, 0.4) is 0 Å². The van der Waals surface area contributed by atoms with Gasteiger partial charge in [0.05, 0.1) is 6.10 Å². The number of carbonyl (C=O) groups excluding carboxylic acids is 1. The fourth-order valence-corrected chi connectivity index (χ4v) is 2.62. The molecule has 0 aliphatic heterocycles. The second-order valence-electron chi connectivity index (χ2n) is 5.19. The molecule has 0 spiro atoms. The summed E-state index contributed by atoms with van der Waals surface area (Å²) >= 11 is 5.81. The molecule has 0 saturated heterocycles. The molecule has 1 aliphatic carbocycles. The molecule has 1 aromatic rings. The van der Waals surface area contributed by atoms with Gasteiger partial charge < -0.3 is 10.4 Å². The molecule has 0 bridgehead atoms. The summed E-state index contributed by atoms with van der Waals surface area (Å²) in [5.41, 5.74) is 1.11. The van der Waals surface area contributed by atoms with Crippen LogP contribution in [0.4, 0.5) is 0 Å². The van der Waals surface area contributed by atoms with Gasteiger partial charge >= 0.3 is 0 Å². The quantitative estimate of drug-likeness (QED) is 0.871. The normalized spacial score (nSPS) is 22.4. The predicted octanol–water partition coefficient (Wildman–Crippen LogP) is 2.55. The smallest absolute Gasteiger partial charge is 0.220 e. The first-order chi connectivity index (χ1) is 9.15. The number of aliphatic hydroxyl groups excluding tert-OH is 1. The van der Waals surface area contributed by atoms with Crippen LogP contribution in [0.25, 0.3) is 0 Å². The Kier molecular flexibility index (Phi) is 5.23. The van der Waals surface area contributed by atoms with Gasteiger partial charge in [0.2, 0.25) is 5.91 Å². The molecule has 104 valence electrons. The SMILES string of the molecule is O=C(CCc1ccc(Cl)cc1)NCC1CCCC1O. The van der Waals surface area contributed by atoms with Gasteiger partial charge in [-0.05, 0) is 37.0 Å². The molecule has 3 nitrogen and oxygen atoms in total. The van der Waals surface area contributed by atoms with Crippen LogP contribution in [-0.2, 0) is 11.2 Å². The molecule has 1 amide bonds. The molecule has 0 heterocycles. The van der Waals surface area contributed by atoms with E-state index in [1.165, 1.54) is 0 Å². The lowest BCUT2D eigenvalue weighted by Gasteiger charge is -2.15. The highest BCUT2D eigenvalue weighted by Crippen LogP contribution is 2.24. The molecule has 19 heavy (non-hydrogen) atoms. The fourth-order valence-electron chi connectivity index (χ4n) is 2.50. The Morgan fingerprint density at radius 2 is 2.05 bits per heavy atom. The molecule has 2 atom stereocenters. The van der Waals surface area contributed by atoms with Crippen LogP contribution in [-0.4, -0.2) is 23.7 Å². The standard InChI is InChI=1S/C15H20ClNO2/c16-13-7-4-11(5-8-13)6-9-15(19)17-10-12-2-1-3-14(12)18/h4-5,7-8,12,14,18H,1-3,6,9-10H2,(H,17,19). The van der Waals surface area contributed by atoms with Crippen LogP contribution in [0.15, 0.2) is 24.3 Å². The van der Waals surface area contributed by atoms with Gasteiger partial charge in [0, 0.05) is 23.9 Å². The van der Waals surface area contributed by atoms with Crippen molar-refractivity contribution in [3.8, 4) is 0 Å². The Morgan fingerprint density at radius 1 is 1.32 bits per heavy atom. The third kappa shape index (κ3) is 4.51. The monoisotopic (exact) mass is 281 g/mol. The summed E-state index contributed by atoms with van der Waals surface area (Å²) < 4.78 is 0. The molecule has 0 aromatic heterocycles. The molecule has 1 fully saturated rings. The van der Waals surface area contributed by atoms with Gasteiger partial charge in [0.25, 0.3) is 0 Å². The van der Waals surface area contributed by atoms with E-state index in [1.807, 2.05) is 24.3 Å². The van der Waals surface area contributed by atoms with Crippen molar-refractivity contribution >= 4 is 17.5 Å². The molecular weight excluding hydrogens is 262 g/mol. The number of benzene rings is 1. The van der Waals surface area contributed by atoms with Gasteiger partial charge in [0.15, 0.2) is 0 Å². The minimum absolute atomic E-state index is 0.0500. The highest BCUT2D eigenvalue weighted by Gasteiger charge is 2.25. The van der Waals surface area contributed by atoms with Crippen molar-refractivity contribution < 1.29 is 9.90 Å². The van der Waals surface area contributed by atoms with Gasteiger partial charge in [-0.25, -0.2) is 0 Å². The topological polar surface area (TPSA) is 49.3 Å². The maximum absolute atomic E-state index is 11.7. The van der Waals surface area contributed by atoms with E-state index in [0.29, 0.717) is 18.0 Å². The molecule has 1 saturated carbocycles. The summed E-state index contributed by atoms with van der Waals surface area (Å²) in [6.07, 6.45) is 3.90. The lowest BCUT2D eigenvalue weighted by molar-refractivity contribution is -0.121. The summed E-state index contributed by atoms with van der Waals surface area (Å²) in [5, 5.41) is 13.3. The highest BCUT2D eigenvalue weighted by molar-refractivity contribution is 6.30. The maximum Gasteiger partial charge on any atom is 0.220 e. The van der Waals surface area contributed by atoms with Crippen molar-refractivity contribution in [2.24, 2.45) is 5.92 Å². The Balaban J connectivity index is 1.68. The van der Waals surface area contributed by atoms with E-state index in [4.69, 9.17) is 11.6 Å². The van der Waals surface area contributed by atoms with E-state index in [0.717, 1.165) is 31.2 Å². The van der Waals surface area contributed by atoms with Crippen molar-refractivity contribution in [3.63, 3.8) is 0 Å². The van der Waals surface area contributed by atoms with E-state index in [-0.39, 0.29) is 17.9 Å². The van der Waals surface area contributed by atoms with Crippen molar-refractivity contribution in [2.45, 2.75) is 38.2 Å². The third-order valence-electron chi connectivity index (χ3n) is 3.73. The Hall–Kier alpha value is -1.06. The zero-order valence-electron chi connectivity index (χ0n) is 10.9. The highest BCUT2D eigenvalue weighted by atomic mass is 35.5. The zero-order valence-corrected chi connectivity index (χ0v) is 11.7. The molecule has 0 radical (unpaired) electrons. The molecule has 2 N–H and O–H groups in total. The van der Waals surface area contributed by atoms with Crippen LogP contribution in [0.2, 0.25) is 5.02 Å². The largest absolute Gasteiger partial charge is 0.393 e. The van der Waals surface area contributed by atoms with E-state index < -0.39 is 0 Å². The Labute approximate surface area is 119 Å². The first-order valence-corrected chi connectivity index (χ1v) is 7.22. The van der Waals surface area contributed by atoms with E-state index >= 15 is 0 Å². The van der Waals surface area contributed by atoms with Crippen molar-refractivity contribution in [2.75, 3.05) is 6.54 Å². The molecule has 1 aromatic carbocycles. The number of hydrogen-bond donors (Lipinski definition) is 2. The lowest BCUT2D eigenvalue weighted by Crippen LogP contribution is -2.32. The van der Waals surface area contributed by atoms with Gasteiger partial charge in [-0.2, -0.15) is 0 Å². The number of carbonyl (C=O) groups is 1. The summed E-state index contributed by atoms with van der Waals surface area (Å²) in [6.45, 7) is 0.598. The van der Waals surface area contributed by atoms with Crippen molar-refractivity contribution in [3.05, 3.63) is 34.9 Å². The average Bonchev–Trinajstić information content (AvgIpc) is 2.81. The van der Waals surface area contributed by atoms with Crippen LogP contribution < -0.4 is 5.32 Å². The van der Waals surface area contributed by atoms with Gasteiger partial charge in [-0.3, -0.25) is 4.79 Å². The lowest BCUT2D eigenvalue weighted by atomic mass is 10.1. The second kappa shape index (κ2) is 6.92. The molecule has 2 rings (SSSR count). The van der Waals surface area contributed by atoms with Crippen molar-refractivity contribution in [1.82, 2.24) is 5.32 Å². The number of nitrogens with one attached hydrogen (secondary N) is 1. The summed E-state index contributed by atoms with van der Waals surface area (Å²) in [4.78, 5) is 11.7. The zero-order chi connectivity index (χ0) is 13.7. The van der Waals surface area contributed by atoms with Crippen LogP contribution in [0.1, 0.15) is 31.2 Å². The molecule has 2 unspecified atom stereocenters. The molecule has 1 aliphatic rings. The average molecular weight is 282 g/mol. The summed E-state index contributed by atoms with van der Waals surface area (Å²) in [7, 11) is 0. The number of amides is 1. The second-order valence-corrected chi connectivity index (χ2v) is 5.63. The van der Waals surface area contributed by atoms with Crippen molar-refractivity contribution in [1.29, 1.82) is 0 Å². The van der Waals surface area contributed by atoms with Gasteiger partial charge in [0.1, 0.15) is 0 Å². The van der Waals surface area contributed by atoms with Crippen LogP contribution in [0.5, 0.6) is 0 Å². The third-order valence-corrected chi connectivity index (χ3v) is 3.99. The summed E-state index contributed by atoms with van der Waals surface area (Å²) in [6, 6.07) is 7.56. The van der Waals surface area contributed by atoms with E-state index in [9.17, 15) is 9.90 Å². The minimum Gasteiger partial charge on any atom is -0.393 e. The number of rotatable bonds is 5. The molecule has 4 heteroatoms. The number of halogens is 1. The number of aliphatic hydroxyl groups is 1. The predicted molar refractivity (Wildman–Crippen MR) is 76.1 cm³/mol. The molecular formula is C15H20ClNO2. The first-order valence-electron chi connectivity index (χ1n) is 6.84. The van der Waals surface area contributed by atoms with Gasteiger partial charge in [-0.15, -0.1) is 0 Å². The Bertz CT molecular complexity index is 419. The van der Waals surface area contributed by atoms with E-state index in [1.54, 1.807) is 0 Å². The van der Waals surface area contributed by atoms with Gasteiger partial charge in [-0.1, -0.05) is 30.2 Å². The summed E-state index contributed by atoms with van der Waals surface area (Å²) in [5.74, 6) is 0.286. The number of aryl methyl sites for hydroxylation is 1. The van der Waals surface area contributed by atoms with E-state index in [2.05, 4.69) is 5.32 Å². The van der Waals surface area contributed by atoms with Crippen LogP contribution >= 0.6 is 11.6 Å².